The Kier molecular flexibility index (Phi) is 4.59. The molecule has 3 aromatic rings. The van der Waals surface area contributed by atoms with Crippen molar-refractivity contribution < 1.29 is 9.53 Å². The van der Waals surface area contributed by atoms with Crippen LogP contribution in [0, 0.1) is 5.41 Å². The highest BCUT2D eigenvalue weighted by Gasteiger charge is 2.50. The van der Waals surface area contributed by atoms with Gasteiger partial charge < -0.3 is 9.64 Å². The maximum absolute atomic E-state index is 13.3. The van der Waals surface area contributed by atoms with Crippen LogP contribution in [0.25, 0.3) is 0 Å². The molecule has 1 atom stereocenters. The first kappa shape index (κ1) is 18.0. The van der Waals surface area contributed by atoms with E-state index in [1.807, 2.05) is 29.2 Å². The van der Waals surface area contributed by atoms with Crippen molar-refractivity contribution in [2.24, 2.45) is 5.41 Å². The van der Waals surface area contributed by atoms with Crippen LogP contribution in [-0.4, -0.2) is 23.6 Å². The third-order valence-corrected chi connectivity index (χ3v) is 6.30. The molecule has 0 bridgehead atoms. The number of ether oxygens (including phenoxy) is 1. The number of piperidine rings is 1. The fourth-order valence-electron chi connectivity index (χ4n) is 5.01. The van der Waals surface area contributed by atoms with Gasteiger partial charge >= 0.3 is 0 Å². The molecule has 2 aliphatic rings. The van der Waals surface area contributed by atoms with Crippen molar-refractivity contribution in [3.05, 3.63) is 102 Å². The van der Waals surface area contributed by atoms with Crippen molar-refractivity contribution in [2.75, 3.05) is 6.54 Å². The lowest BCUT2D eigenvalue weighted by Crippen LogP contribution is -2.61. The van der Waals surface area contributed by atoms with Gasteiger partial charge in [-0.25, -0.2) is 0 Å². The summed E-state index contributed by atoms with van der Waals surface area (Å²) in [4.78, 5) is 15.3. The number of fused-ring (bicyclic) bond motifs is 2. The summed E-state index contributed by atoms with van der Waals surface area (Å²) in [7, 11) is 0. The van der Waals surface area contributed by atoms with Gasteiger partial charge in [0.1, 0.15) is 5.75 Å². The number of carbonyl (C=O) groups is 1. The molecule has 0 aromatic heterocycles. The Balaban J connectivity index is 1.58. The predicted molar refractivity (Wildman–Crippen MR) is 114 cm³/mol. The van der Waals surface area contributed by atoms with Gasteiger partial charge in [-0.1, -0.05) is 72.8 Å². The molecule has 1 amide bonds. The molecule has 3 aromatic carbocycles. The molecule has 2 aliphatic heterocycles. The van der Waals surface area contributed by atoms with E-state index in [1.54, 1.807) is 0 Å². The zero-order valence-corrected chi connectivity index (χ0v) is 16.5. The maximum atomic E-state index is 13.3. The number of hydrogen-bond donors (Lipinski definition) is 0. The largest absolute Gasteiger partial charge is 0.469 e. The first-order valence-electron chi connectivity index (χ1n) is 10.4. The summed E-state index contributed by atoms with van der Waals surface area (Å²) in [6, 6.07) is 28.9. The Bertz CT molecular complexity index is 958. The third kappa shape index (κ3) is 3.31. The van der Waals surface area contributed by atoms with E-state index >= 15 is 0 Å². The molecule has 3 heteroatoms. The van der Waals surface area contributed by atoms with Crippen LogP contribution in [0.2, 0.25) is 0 Å². The van der Waals surface area contributed by atoms with Gasteiger partial charge in [0.15, 0.2) is 6.23 Å². The summed E-state index contributed by atoms with van der Waals surface area (Å²) in [5, 5.41) is 0. The number of nitrogens with zero attached hydrogens (tertiary/aromatic N) is 1. The highest BCUT2D eigenvalue weighted by atomic mass is 16.5. The number of amides is 1. The molecule has 1 unspecified atom stereocenters. The quantitative estimate of drug-likeness (QED) is 0.626. The minimum atomic E-state index is -0.251. The van der Waals surface area contributed by atoms with Crippen molar-refractivity contribution in [2.45, 2.75) is 31.9 Å². The van der Waals surface area contributed by atoms with E-state index in [0.717, 1.165) is 32.2 Å². The second kappa shape index (κ2) is 7.40. The normalized spacial score (nSPS) is 19.8. The number of rotatable bonds is 4. The molecule has 1 fully saturated rings. The van der Waals surface area contributed by atoms with Crippen molar-refractivity contribution in [1.29, 1.82) is 0 Å². The summed E-state index contributed by atoms with van der Waals surface area (Å²) in [6.07, 6.45) is 3.55. The van der Waals surface area contributed by atoms with Gasteiger partial charge in [-0.3, -0.25) is 4.79 Å². The van der Waals surface area contributed by atoms with Gasteiger partial charge in [-0.2, -0.15) is 0 Å². The first-order chi connectivity index (χ1) is 14.3. The SMILES string of the molecule is O=C1c2ccccc2OC2N1CCCC2(Cc1ccccc1)Cc1ccccc1. The molecule has 29 heavy (non-hydrogen) atoms. The zero-order chi connectivity index (χ0) is 19.7. The topological polar surface area (TPSA) is 29.5 Å². The number of hydrogen-bond acceptors (Lipinski definition) is 2. The molecule has 0 aliphatic carbocycles. The molecule has 146 valence electrons. The summed E-state index contributed by atoms with van der Waals surface area (Å²) < 4.78 is 6.57. The molecular formula is C26H25NO2. The predicted octanol–water partition coefficient (Wildman–Crippen LogP) is 5.11. The molecule has 0 N–H and O–H groups in total. The molecular weight excluding hydrogens is 358 g/mol. The fourth-order valence-corrected chi connectivity index (χ4v) is 5.01. The van der Waals surface area contributed by atoms with Crippen LogP contribution in [0.15, 0.2) is 84.9 Å². The number of carbonyl (C=O) groups excluding carboxylic acids is 1. The average Bonchev–Trinajstić information content (AvgIpc) is 2.76. The summed E-state index contributed by atoms with van der Waals surface area (Å²) in [6.45, 7) is 0.753. The minimum absolute atomic E-state index is 0.0991. The Hall–Kier alpha value is -3.07. The lowest BCUT2D eigenvalue weighted by Gasteiger charge is -2.51. The monoisotopic (exact) mass is 383 g/mol. The molecule has 1 saturated heterocycles. The van der Waals surface area contributed by atoms with E-state index in [9.17, 15) is 4.79 Å². The smallest absolute Gasteiger partial charge is 0.260 e. The molecule has 3 nitrogen and oxygen atoms in total. The van der Waals surface area contributed by atoms with E-state index < -0.39 is 0 Å². The van der Waals surface area contributed by atoms with Crippen LogP contribution in [0.1, 0.15) is 34.3 Å². The second-order valence-electron chi connectivity index (χ2n) is 8.26. The molecule has 5 rings (SSSR count). The molecule has 0 radical (unpaired) electrons. The van der Waals surface area contributed by atoms with Gasteiger partial charge in [0.2, 0.25) is 0 Å². The fraction of sp³-hybridized carbons (Fsp3) is 0.269. The third-order valence-electron chi connectivity index (χ3n) is 6.30. The van der Waals surface area contributed by atoms with E-state index in [-0.39, 0.29) is 17.6 Å². The molecule has 0 saturated carbocycles. The van der Waals surface area contributed by atoms with E-state index in [2.05, 4.69) is 60.7 Å². The van der Waals surface area contributed by atoms with Gasteiger partial charge in [-0.15, -0.1) is 0 Å². The van der Waals surface area contributed by atoms with Gasteiger partial charge in [0, 0.05) is 12.0 Å². The van der Waals surface area contributed by atoms with Gasteiger partial charge in [0.25, 0.3) is 5.91 Å². The summed E-state index contributed by atoms with van der Waals surface area (Å²) >= 11 is 0. The van der Waals surface area contributed by atoms with Crippen LogP contribution in [0.3, 0.4) is 0 Å². The maximum Gasteiger partial charge on any atom is 0.260 e. The average molecular weight is 383 g/mol. The highest BCUT2D eigenvalue weighted by Crippen LogP contribution is 2.46. The van der Waals surface area contributed by atoms with E-state index in [0.29, 0.717) is 11.3 Å². The lowest BCUT2D eigenvalue weighted by atomic mass is 9.69. The summed E-state index contributed by atoms with van der Waals surface area (Å²) in [5.74, 6) is 0.813. The molecule has 0 spiro atoms. The van der Waals surface area contributed by atoms with Crippen LogP contribution in [0.5, 0.6) is 5.75 Å². The Morgan fingerprint density at radius 2 is 1.41 bits per heavy atom. The molecule has 2 heterocycles. The van der Waals surface area contributed by atoms with Crippen LogP contribution >= 0.6 is 0 Å². The van der Waals surface area contributed by atoms with Crippen LogP contribution < -0.4 is 4.74 Å². The summed E-state index contributed by atoms with van der Waals surface area (Å²) in [5.41, 5.74) is 3.10. The van der Waals surface area contributed by atoms with Crippen molar-refractivity contribution in [3.8, 4) is 5.75 Å². The van der Waals surface area contributed by atoms with Gasteiger partial charge in [0.05, 0.1) is 5.56 Å². The Morgan fingerprint density at radius 1 is 0.828 bits per heavy atom. The number of benzene rings is 3. The minimum Gasteiger partial charge on any atom is -0.469 e. The Labute approximate surface area is 171 Å². The van der Waals surface area contributed by atoms with Crippen LogP contribution in [0.4, 0.5) is 0 Å². The standard InChI is InChI=1S/C26H25NO2/c28-24-22-14-7-8-15-23(22)29-25-26(16-9-17-27(24)25,18-20-10-3-1-4-11-20)19-21-12-5-2-6-13-21/h1-8,10-15,25H,9,16-19H2. The van der Waals surface area contributed by atoms with Gasteiger partial charge in [-0.05, 0) is 48.9 Å². The van der Waals surface area contributed by atoms with Crippen molar-refractivity contribution in [3.63, 3.8) is 0 Å². The zero-order valence-electron chi connectivity index (χ0n) is 16.5. The second-order valence-corrected chi connectivity index (χ2v) is 8.26. The Morgan fingerprint density at radius 3 is 2.07 bits per heavy atom. The van der Waals surface area contributed by atoms with E-state index in [4.69, 9.17) is 4.74 Å². The van der Waals surface area contributed by atoms with E-state index in [1.165, 1.54) is 11.1 Å². The number of para-hydroxylation sites is 1. The van der Waals surface area contributed by atoms with Crippen molar-refractivity contribution >= 4 is 5.91 Å². The lowest BCUT2D eigenvalue weighted by molar-refractivity contribution is -0.0942. The van der Waals surface area contributed by atoms with Crippen molar-refractivity contribution in [1.82, 2.24) is 4.90 Å². The first-order valence-corrected chi connectivity index (χ1v) is 10.4. The highest BCUT2D eigenvalue weighted by molar-refractivity contribution is 5.98. The van der Waals surface area contributed by atoms with Crippen LogP contribution in [-0.2, 0) is 12.8 Å².